The lowest BCUT2D eigenvalue weighted by molar-refractivity contribution is -0.139. The average Bonchev–Trinajstić information content (AvgIpc) is 2.87. The molecular formula is C30H35FN2O2S. The van der Waals surface area contributed by atoms with E-state index in [2.05, 4.69) is 17.4 Å². The lowest BCUT2D eigenvalue weighted by Gasteiger charge is -2.32. The third-order valence-electron chi connectivity index (χ3n) is 6.12. The molecule has 0 fully saturated rings. The fraction of sp³-hybridized carbons (Fsp3) is 0.333. The first-order chi connectivity index (χ1) is 17.4. The topological polar surface area (TPSA) is 49.4 Å². The van der Waals surface area contributed by atoms with E-state index in [9.17, 15) is 14.0 Å². The van der Waals surface area contributed by atoms with Gasteiger partial charge in [0.05, 0.1) is 5.75 Å². The van der Waals surface area contributed by atoms with Crippen LogP contribution < -0.4 is 5.32 Å². The molecule has 3 rings (SSSR count). The van der Waals surface area contributed by atoms with E-state index in [1.165, 1.54) is 29.5 Å². The van der Waals surface area contributed by atoms with Gasteiger partial charge in [0.15, 0.2) is 0 Å². The summed E-state index contributed by atoms with van der Waals surface area (Å²) in [5.74, 6) is 0.335. The summed E-state index contributed by atoms with van der Waals surface area (Å²) in [5, 5.41) is 3.07. The quantitative estimate of drug-likeness (QED) is 0.332. The number of benzene rings is 3. The highest BCUT2D eigenvalue weighted by Crippen LogP contribution is 2.19. The van der Waals surface area contributed by atoms with Crippen molar-refractivity contribution >= 4 is 23.6 Å². The van der Waals surface area contributed by atoms with E-state index in [0.29, 0.717) is 12.2 Å². The highest BCUT2D eigenvalue weighted by molar-refractivity contribution is 7.99. The van der Waals surface area contributed by atoms with Gasteiger partial charge < -0.3 is 10.2 Å². The molecule has 0 unspecified atom stereocenters. The maximum atomic E-state index is 13.6. The van der Waals surface area contributed by atoms with Crippen molar-refractivity contribution in [2.24, 2.45) is 0 Å². The number of carbonyl (C=O) groups is 2. The molecule has 0 saturated carbocycles. The fourth-order valence-corrected chi connectivity index (χ4v) is 4.78. The lowest BCUT2D eigenvalue weighted by Crippen LogP contribution is -2.52. The first-order valence-corrected chi connectivity index (χ1v) is 13.5. The second kappa shape index (κ2) is 13.8. The first kappa shape index (κ1) is 27.5. The summed E-state index contributed by atoms with van der Waals surface area (Å²) in [5.41, 5.74) is 4.10. The van der Waals surface area contributed by atoms with Crippen LogP contribution in [0.25, 0.3) is 0 Å². The standard InChI is InChI=1S/C30H35FN2O2S/c1-4-23(3)32-30(35)28(18-24-10-6-5-7-11-24)33(19-25-13-15-27(31)16-14-25)29(34)21-36-20-26-12-8-9-22(2)17-26/h5-17,23,28H,4,18-21H2,1-3H3,(H,32,35)/t23-,28+/m1/s1. The number of halogens is 1. The molecule has 0 spiro atoms. The van der Waals surface area contributed by atoms with Crippen molar-refractivity contribution in [2.75, 3.05) is 5.75 Å². The number of carbonyl (C=O) groups excluding carboxylic acids is 2. The van der Waals surface area contributed by atoms with E-state index < -0.39 is 6.04 Å². The Bertz CT molecular complexity index is 1120. The van der Waals surface area contributed by atoms with Gasteiger partial charge in [-0.2, -0.15) is 0 Å². The molecule has 0 aliphatic heterocycles. The molecule has 4 nitrogen and oxygen atoms in total. The van der Waals surface area contributed by atoms with Crippen LogP contribution in [0.4, 0.5) is 4.39 Å². The summed E-state index contributed by atoms with van der Waals surface area (Å²) in [4.78, 5) is 28.7. The minimum Gasteiger partial charge on any atom is -0.352 e. The second-order valence-corrected chi connectivity index (χ2v) is 10.1. The third-order valence-corrected chi connectivity index (χ3v) is 7.10. The molecule has 0 aliphatic rings. The minimum absolute atomic E-state index is 0.00533. The van der Waals surface area contributed by atoms with Gasteiger partial charge in [-0.3, -0.25) is 9.59 Å². The summed E-state index contributed by atoms with van der Waals surface area (Å²) in [6.07, 6.45) is 1.20. The van der Waals surface area contributed by atoms with E-state index in [4.69, 9.17) is 0 Å². The van der Waals surface area contributed by atoms with E-state index >= 15 is 0 Å². The van der Waals surface area contributed by atoms with Crippen LogP contribution in [0.2, 0.25) is 0 Å². The maximum absolute atomic E-state index is 13.6. The van der Waals surface area contributed by atoms with Crippen LogP contribution in [-0.4, -0.2) is 34.6 Å². The Balaban J connectivity index is 1.85. The number of nitrogens with zero attached hydrogens (tertiary/aromatic N) is 1. The zero-order chi connectivity index (χ0) is 25.9. The van der Waals surface area contributed by atoms with E-state index in [1.54, 1.807) is 17.0 Å². The van der Waals surface area contributed by atoms with Gasteiger partial charge in [-0.25, -0.2) is 4.39 Å². The minimum atomic E-state index is -0.682. The van der Waals surface area contributed by atoms with Crippen molar-refractivity contribution in [2.45, 2.75) is 58.0 Å². The molecule has 0 aromatic heterocycles. The van der Waals surface area contributed by atoms with Crippen LogP contribution in [0, 0.1) is 12.7 Å². The monoisotopic (exact) mass is 506 g/mol. The molecule has 190 valence electrons. The van der Waals surface area contributed by atoms with Crippen LogP contribution >= 0.6 is 11.8 Å². The van der Waals surface area contributed by atoms with Gasteiger partial charge in [0.2, 0.25) is 11.8 Å². The van der Waals surface area contributed by atoms with Crippen LogP contribution in [0.1, 0.15) is 42.5 Å². The predicted octanol–water partition coefficient (Wildman–Crippen LogP) is 5.92. The van der Waals surface area contributed by atoms with Gasteiger partial charge in [0.25, 0.3) is 0 Å². The second-order valence-electron chi connectivity index (χ2n) is 9.15. The Morgan fingerprint density at radius 2 is 1.64 bits per heavy atom. The Morgan fingerprint density at radius 3 is 2.31 bits per heavy atom. The predicted molar refractivity (Wildman–Crippen MR) is 146 cm³/mol. The highest BCUT2D eigenvalue weighted by atomic mass is 32.2. The summed E-state index contributed by atoms with van der Waals surface area (Å²) in [6.45, 7) is 6.26. The van der Waals surface area contributed by atoms with Crippen molar-refractivity contribution in [1.29, 1.82) is 0 Å². The molecule has 2 atom stereocenters. The van der Waals surface area contributed by atoms with E-state index in [-0.39, 0.29) is 36.0 Å². The highest BCUT2D eigenvalue weighted by Gasteiger charge is 2.30. The Labute approximate surface area is 218 Å². The molecule has 2 amide bonds. The molecule has 6 heteroatoms. The SMILES string of the molecule is CC[C@@H](C)NC(=O)[C@H](Cc1ccccc1)N(Cc1ccc(F)cc1)C(=O)CSCc1cccc(C)c1. The Hall–Kier alpha value is -3.12. The zero-order valence-corrected chi connectivity index (χ0v) is 22.1. The average molecular weight is 507 g/mol. The summed E-state index contributed by atoms with van der Waals surface area (Å²) >= 11 is 1.54. The molecule has 0 saturated heterocycles. The van der Waals surface area contributed by atoms with Crippen LogP contribution in [0.3, 0.4) is 0 Å². The molecule has 0 bridgehead atoms. The number of amides is 2. The number of aryl methyl sites for hydroxylation is 1. The number of nitrogens with one attached hydrogen (secondary N) is 1. The lowest BCUT2D eigenvalue weighted by atomic mass is 10.0. The van der Waals surface area contributed by atoms with Crippen LogP contribution in [0.5, 0.6) is 0 Å². The third kappa shape index (κ3) is 8.52. The van der Waals surface area contributed by atoms with Gasteiger partial charge in [0, 0.05) is 24.8 Å². The summed E-state index contributed by atoms with van der Waals surface area (Å²) in [7, 11) is 0. The molecule has 3 aromatic carbocycles. The van der Waals surface area contributed by atoms with Gasteiger partial charge >= 0.3 is 0 Å². The normalized spacial score (nSPS) is 12.6. The Morgan fingerprint density at radius 1 is 0.944 bits per heavy atom. The largest absolute Gasteiger partial charge is 0.352 e. The molecule has 36 heavy (non-hydrogen) atoms. The summed E-state index contributed by atoms with van der Waals surface area (Å²) in [6, 6.07) is 23.4. The number of thioether (sulfide) groups is 1. The molecule has 0 heterocycles. The van der Waals surface area contributed by atoms with Gasteiger partial charge in [0.1, 0.15) is 11.9 Å². The van der Waals surface area contributed by atoms with Gasteiger partial charge in [-0.05, 0) is 49.1 Å². The Kier molecular flexibility index (Phi) is 10.6. The molecule has 0 radical (unpaired) electrons. The van der Waals surface area contributed by atoms with Crippen molar-refractivity contribution in [3.63, 3.8) is 0 Å². The van der Waals surface area contributed by atoms with Crippen molar-refractivity contribution < 1.29 is 14.0 Å². The van der Waals surface area contributed by atoms with Gasteiger partial charge in [-0.15, -0.1) is 11.8 Å². The van der Waals surface area contributed by atoms with Crippen LogP contribution in [-0.2, 0) is 28.3 Å². The van der Waals surface area contributed by atoms with Crippen molar-refractivity contribution in [3.05, 3.63) is 107 Å². The first-order valence-electron chi connectivity index (χ1n) is 12.4. The maximum Gasteiger partial charge on any atom is 0.243 e. The molecular weight excluding hydrogens is 471 g/mol. The number of hydrogen-bond donors (Lipinski definition) is 1. The number of hydrogen-bond acceptors (Lipinski definition) is 3. The van der Waals surface area contributed by atoms with Crippen molar-refractivity contribution in [3.8, 4) is 0 Å². The molecule has 0 aliphatic carbocycles. The van der Waals surface area contributed by atoms with Crippen molar-refractivity contribution in [1.82, 2.24) is 10.2 Å². The molecule has 3 aromatic rings. The van der Waals surface area contributed by atoms with Crippen LogP contribution in [0.15, 0.2) is 78.9 Å². The summed E-state index contributed by atoms with van der Waals surface area (Å²) < 4.78 is 13.5. The molecule has 1 N–H and O–H groups in total. The fourth-order valence-electron chi connectivity index (χ4n) is 3.92. The van der Waals surface area contributed by atoms with E-state index in [0.717, 1.165) is 23.1 Å². The number of rotatable bonds is 12. The smallest absolute Gasteiger partial charge is 0.243 e. The van der Waals surface area contributed by atoms with Gasteiger partial charge in [-0.1, -0.05) is 79.2 Å². The zero-order valence-electron chi connectivity index (χ0n) is 21.2. The van der Waals surface area contributed by atoms with E-state index in [1.807, 2.05) is 63.2 Å².